The summed E-state index contributed by atoms with van der Waals surface area (Å²) in [6.07, 6.45) is 2.40. The molecule has 1 aromatic heterocycles. The van der Waals surface area contributed by atoms with Crippen molar-refractivity contribution in [1.29, 1.82) is 0 Å². The van der Waals surface area contributed by atoms with Gasteiger partial charge in [-0.3, -0.25) is 4.79 Å². The summed E-state index contributed by atoms with van der Waals surface area (Å²) in [6.45, 7) is 7.22. The topological polar surface area (TPSA) is 72.9 Å². The van der Waals surface area contributed by atoms with E-state index >= 15 is 0 Å². The van der Waals surface area contributed by atoms with Gasteiger partial charge in [0.2, 0.25) is 0 Å². The molecule has 1 unspecified atom stereocenters. The van der Waals surface area contributed by atoms with Crippen LogP contribution < -0.4 is 16.6 Å². The zero-order chi connectivity index (χ0) is 13.7. The Hall–Kier alpha value is -1.07. The maximum absolute atomic E-state index is 11.9. The van der Waals surface area contributed by atoms with Crippen molar-refractivity contribution in [1.82, 2.24) is 9.78 Å². The Bertz CT molecular complexity index is 442. The van der Waals surface area contributed by atoms with Gasteiger partial charge in [-0.25, -0.2) is 4.68 Å². The van der Waals surface area contributed by atoms with E-state index in [9.17, 15) is 4.79 Å². The van der Waals surface area contributed by atoms with Crippen LogP contribution in [-0.4, -0.2) is 22.4 Å². The number of anilines is 1. The van der Waals surface area contributed by atoms with Crippen molar-refractivity contribution >= 4 is 17.3 Å². The lowest BCUT2D eigenvalue weighted by atomic mass is 10.2. The average molecular weight is 273 g/mol. The van der Waals surface area contributed by atoms with Crippen molar-refractivity contribution in [3.63, 3.8) is 0 Å². The zero-order valence-corrected chi connectivity index (χ0v) is 11.9. The highest BCUT2D eigenvalue weighted by molar-refractivity contribution is 6.32. The van der Waals surface area contributed by atoms with Gasteiger partial charge in [-0.1, -0.05) is 25.4 Å². The number of rotatable bonds is 6. The smallest absolute Gasteiger partial charge is 0.287 e. The molecule has 0 aliphatic heterocycles. The Balaban J connectivity index is 2.78. The van der Waals surface area contributed by atoms with E-state index in [0.29, 0.717) is 24.7 Å². The summed E-state index contributed by atoms with van der Waals surface area (Å²) in [5.41, 5.74) is 5.97. The van der Waals surface area contributed by atoms with Gasteiger partial charge in [0.05, 0.1) is 11.9 Å². The molecule has 0 saturated carbocycles. The van der Waals surface area contributed by atoms with Gasteiger partial charge in [-0.05, 0) is 19.3 Å². The first-order valence-electron chi connectivity index (χ1n) is 6.17. The summed E-state index contributed by atoms with van der Waals surface area (Å²) in [5.74, 6) is 0.350. The van der Waals surface area contributed by atoms with Crippen molar-refractivity contribution in [3.8, 4) is 0 Å². The maximum atomic E-state index is 11.9. The van der Waals surface area contributed by atoms with Gasteiger partial charge >= 0.3 is 0 Å². The minimum atomic E-state index is -0.254. The van der Waals surface area contributed by atoms with E-state index in [2.05, 4.69) is 10.4 Å². The van der Waals surface area contributed by atoms with Gasteiger partial charge in [0.15, 0.2) is 0 Å². The summed E-state index contributed by atoms with van der Waals surface area (Å²) < 4.78 is 1.39. The first kappa shape index (κ1) is 15.0. The van der Waals surface area contributed by atoms with E-state index in [4.69, 9.17) is 17.3 Å². The molecule has 0 bridgehead atoms. The summed E-state index contributed by atoms with van der Waals surface area (Å²) in [7, 11) is 0. The van der Waals surface area contributed by atoms with Gasteiger partial charge in [-0.15, -0.1) is 0 Å². The molecule has 18 heavy (non-hydrogen) atoms. The third kappa shape index (κ3) is 4.31. The number of aromatic nitrogens is 2. The van der Waals surface area contributed by atoms with Crippen LogP contribution in [0, 0.1) is 5.92 Å². The van der Waals surface area contributed by atoms with Gasteiger partial charge < -0.3 is 11.1 Å². The molecule has 0 fully saturated rings. The average Bonchev–Trinajstić information content (AvgIpc) is 2.27. The van der Waals surface area contributed by atoms with Crippen LogP contribution in [0.1, 0.15) is 27.2 Å². The molecule has 0 amide bonds. The summed E-state index contributed by atoms with van der Waals surface area (Å²) in [5, 5.41) is 7.37. The summed E-state index contributed by atoms with van der Waals surface area (Å²) in [4.78, 5) is 11.9. The zero-order valence-electron chi connectivity index (χ0n) is 11.1. The van der Waals surface area contributed by atoms with E-state index < -0.39 is 0 Å². The minimum absolute atomic E-state index is 0.116. The molecule has 0 saturated heterocycles. The van der Waals surface area contributed by atoms with Crippen LogP contribution >= 0.6 is 11.6 Å². The molecule has 3 N–H and O–H groups in total. The van der Waals surface area contributed by atoms with Crippen molar-refractivity contribution in [2.24, 2.45) is 11.7 Å². The lowest BCUT2D eigenvalue weighted by molar-refractivity contribution is 0.464. The molecule has 0 radical (unpaired) electrons. The highest BCUT2D eigenvalue weighted by Crippen LogP contribution is 2.15. The minimum Gasteiger partial charge on any atom is -0.382 e. The van der Waals surface area contributed by atoms with Crippen LogP contribution in [0.2, 0.25) is 5.02 Å². The fraction of sp³-hybridized carbons (Fsp3) is 0.667. The molecular formula is C12H21ClN4O. The number of nitrogens with two attached hydrogens (primary N) is 1. The highest BCUT2D eigenvalue weighted by atomic mass is 35.5. The number of hydrogen-bond donors (Lipinski definition) is 2. The van der Waals surface area contributed by atoms with E-state index in [1.165, 1.54) is 4.68 Å². The number of nitrogens with one attached hydrogen (secondary N) is 1. The molecule has 1 heterocycles. The fourth-order valence-corrected chi connectivity index (χ4v) is 1.71. The largest absolute Gasteiger partial charge is 0.382 e. The maximum Gasteiger partial charge on any atom is 0.287 e. The van der Waals surface area contributed by atoms with Crippen LogP contribution in [0.25, 0.3) is 0 Å². The van der Waals surface area contributed by atoms with Crippen LogP contribution in [0.4, 0.5) is 5.69 Å². The standard InChI is InChI=1S/C12H21ClN4O/c1-8(2)7-17-12(18)11(13)10(6-16-17)15-5-4-9(3)14/h6,8-9,15H,4-5,7,14H2,1-3H3. The lowest BCUT2D eigenvalue weighted by Gasteiger charge is -2.12. The Morgan fingerprint density at radius 1 is 1.50 bits per heavy atom. The number of halogens is 1. The van der Waals surface area contributed by atoms with Crippen molar-refractivity contribution in [3.05, 3.63) is 21.6 Å². The number of nitrogens with zero attached hydrogens (tertiary/aromatic N) is 2. The van der Waals surface area contributed by atoms with Crippen molar-refractivity contribution < 1.29 is 0 Å². The second-order valence-electron chi connectivity index (χ2n) is 4.95. The Kier molecular flexibility index (Phi) is 5.62. The van der Waals surface area contributed by atoms with E-state index in [-0.39, 0.29) is 16.6 Å². The van der Waals surface area contributed by atoms with Crippen LogP contribution in [0.3, 0.4) is 0 Å². The van der Waals surface area contributed by atoms with Gasteiger partial charge in [0.25, 0.3) is 5.56 Å². The molecular weight excluding hydrogens is 252 g/mol. The van der Waals surface area contributed by atoms with Crippen LogP contribution in [0.15, 0.2) is 11.0 Å². The molecule has 0 aromatic carbocycles. The predicted molar refractivity (Wildman–Crippen MR) is 75.1 cm³/mol. The third-order valence-electron chi connectivity index (χ3n) is 2.44. The second kappa shape index (κ2) is 6.75. The first-order chi connectivity index (χ1) is 8.41. The third-order valence-corrected chi connectivity index (χ3v) is 2.80. The molecule has 1 aromatic rings. The normalized spacial score (nSPS) is 12.8. The van der Waals surface area contributed by atoms with Crippen molar-refractivity contribution in [2.75, 3.05) is 11.9 Å². The van der Waals surface area contributed by atoms with Crippen LogP contribution in [0.5, 0.6) is 0 Å². The van der Waals surface area contributed by atoms with Gasteiger partial charge in [-0.2, -0.15) is 5.10 Å². The lowest BCUT2D eigenvalue weighted by Crippen LogP contribution is -2.26. The molecule has 5 nitrogen and oxygen atoms in total. The summed E-state index contributed by atoms with van der Waals surface area (Å²) in [6, 6.07) is 0.116. The molecule has 1 atom stereocenters. The fourth-order valence-electron chi connectivity index (χ4n) is 1.50. The Morgan fingerprint density at radius 2 is 2.17 bits per heavy atom. The second-order valence-corrected chi connectivity index (χ2v) is 5.32. The molecule has 6 heteroatoms. The SMILES string of the molecule is CC(C)Cn1ncc(NCCC(C)N)c(Cl)c1=O. The monoisotopic (exact) mass is 272 g/mol. The highest BCUT2D eigenvalue weighted by Gasteiger charge is 2.09. The number of hydrogen-bond acceptors (Lipinski definition) is 4. The molecule has 102 valence electrons. The molecule has 0 aliphatic carbocycles. The van der Waals surface area contributed by atoms with Crippen LogP contribution in [-0.2, 0) is 6.54 Å². The quantitative estimate of drug-likeness (QED) is 0.827. The molecule has 1 rings (SSSR count). The van der Waals surface area contributed by atoms with Gasteiger partial charge in [0.1, 0.15) is 5.02 Å². The first-order valence-corrected chi connectivity index (χ1v) is 6.54. The molecule has 0 spiro atoms. The van der Waals surface area contributed by atoms with E-state index in [1.807, 2.05) is 20.8 Å². The van der Waals surface area contributed by atoms with Gasteiger partial charge in [0, 0.05) is 19.1 Å². The summed E-state index contributed by atoms with van der Waals surface area (Å²) >= 11 is 6.03. The van der Waals surface area contributed by atoms with Crippen molar-refractivity contribution in [2.45, 2.75) is 39.8 Å². The van der Waals surface area contributed by atoms with E-state index in [0.717, 1.165) is 6.42 Å². The Morgan fingerprint density at radius 3 is 2.72 bits per heavy atom. The Labute approximate surface area is 112 Å². The predicted octanol–water partition coefficient (Wildman–Crippen LogP) is 1.70. The van der Waals surface area contributed by atoms with E-state index in [1.54, 1.807) is 6.20 Å². The molecule has 0 aliphatic rings.